The van der Waals surface area contributed by atoms with E-state index in [1.54, 1.807) is 26.8 Å². The third-order valence-electron chi connectivity index (χ3n) is 8.56. The lowest BCUT2D eigenvalue weighted by Crippen LogP contribution is -2.45. The highest BCUT2D eigenvalue weighted by atomic mass is 16.7. The Bertz CT molecular complexity index is 1460. The van der Waals surface area contributed by atoms with Crippen LogP contribution in [-0.4, -0.2) is 75.8 Å². The molecule has 0 N–H and O–H groups in total. The molecule has 12 heteroatoms. The van der Waals surface area contributed by atoms with Crippen molar-refractivity contribution in [2.45, 2.75) is 57.3 Å². The summed E-state index contributed by atoms with van der Waals surface area (Å²) in [6.45, 7) is 5.80. The van der Waals surface area contributed by atoms with Gasteiger partial charge >= 0.3 is 18.0 Å². The molecule has 5 atom stereocenters. The average molecular weight is 612 g/mol. The maximum Gasteiger partial charge on any atom is 0.411 e. The topological polar surface area (TPSA) is 128 Å². The second-order valence-corrected chi connectivity index (χ2v) is 12.3. The van der Waals surface area contributed by atoms with Crippen molar-refractivity contribution in [1.29, 1.82) is 0 Å². The van der Waals surface area contributed by atoms with Gasteiger partial charge < -0.3 is 37.9 Å². The zero-order valence-electron chi connectivity index (χ0n) is 25.7. The maximum absolute atomic E-state index is 13.8. The van der Waals surface area contributed by atoms with E-state index < -0.39 is 53.5 Å². The quantitative estimate of drug-likeness (QED) is 0.341. The third-order valence-corrected chi connectivity index (χ3v) is 8.56. The minimum atomic E-state index is -0.845. The van der Waals surface area contributed by atoms with Crippen molar-refractivity contribution in [3.05, 3.63) is 41.0 Å². The molecule has 0 spiro atoms. The summed E-state index contributed by atoms with van der Waals surface area (Å²) in [7, 11) is 4.58. The Balaban J connectivity index is 1.42. The number of fused-ring (bicyclic) bond motifs is 3. The van der Waals surface area contributed by atoms with Crippen LogP contribution in [0.2, 0.25) is 0 Å². The second kappa shape index (κ2) is 11.3. The van der Waals surface area contributed by atoms with E-state index in [2.05, 4.69) is 0 Å². The number of amides is 1. The summed E-state index contributed by atoms with van der Waals surface area (Å²) in [6.07, 6.45) is -0.335. The van der Waals surface area contributed by atoms with Crippen molar-refractivity contribution in [2.24, 2.45) is 11.8 Å². The molecule has 12 nitrogen and oxygen atoms in total. The summed E-state index contributed by atoms with van der Waals surface area (Å²) >= 11 is 0. The monoisotopic (exact) mass is 611 g/mol. The molecule has 0 saturated carbocycles. The van der Waals surface area contributed by atoms with E-state index in [1.165, 1.54) is 26.2 Å². The van der Waals surface area contributed by atoms with Crippen LogP contribution in [0.15, 0.2) is 24.3 Å². The van der Waals surface area contributed by atoms with Crippen LogP contribution in [0, 0.1) is 11.8 Å². The molecular formula is C32H37NO11. The molecule has 1 unspecified atom stereocenters. The first-order valence-corrected chi connectivity index (χ1v) is 14.6. The van der Waals surface area contributed by atoms with E-state index in [0.717, 1.165) is 11.1 Å². The average Bonchev–Trinajstić information content (AvgIpc) is 3.75. The van der Waals surface area contributed by atoms with Crippen LogP contribution in [0.5, 0.6) is 28.7 Å². The number of esters is 2. The first-order chi connectivity index (χ1) is 21.0. The normalized spacial score (nSPS) is 25.1. The van der Waals surface area contributed by atoms with E-state index >= 15 is 0 Å². The zero-order valence-corrected chi connectivity index (χ0v) is 25.7. The van der Waals surface area contributed by atoms with Gasteiger partial charge in [0.15, 0.2) is 23.0 Å². The molecule has 4 aliphatic rings. The lowest BCUT2D eigenvalue weighted by molar-refractivity contribution is -0.159. The lowest BCUT2D eigenvalue weighted by atomic mass is 9.66. The van der Waals surface area contributed by atoms with Crippen LogP contribution in [0.3, 0.4) is 0 Å². The van der Waals surface area contributed by atoms with E-state index in [1.807, 2.05) is 18.2 Å². The fraction of sp³-hybridized carbons (Fsp3) is 0.531. The Kier molecular flexibility index (Phi) is 7.63. The Morgan fingerprint density at radius 2 is 1.57 bits per heavy atom. The van der Waals surface area contributed by atoms with Crippen LogP contribution < -0.4 is 23.7 Å². The van der Waals surface area contributed by atoms with E-state index in [0.29, 0.717) is 53.7 Å². The Morgan fingerprint density at radius 3 is 2.18 bits per heavy atom. The SMILES string of the molecule is COc1cc([C@@H]2c3cc4c(cc3[C@H](OC(=O)[C@@H]3CCCN3C(=O)OC(C)(C)C)C3COC(=O)[C@@H]32)OCO4)cc(OC)c1OC. The second-order valence-electron chi connectivity index (χ2n) is 12.3. The van der Waals surface area contributed by atoms with Crippen molar-refractivity contribution in [2.75, 3.05) is 41.3 Å². The predicted octanol–water partition coefficient (Wildman–Crippen LogP) is 4.36. The highest BCUT2D eigenvalue weighted by molar-refractivity contribution is 5.83. The molecule has 3 aliphatic heterocycles. The number of nitrogens with zero attached hydrogens (tertiary/aromatic N) is 1. The van der Waals surface area contributed by atoms with Crippen LogP contribution in [-0.2, 0) is 23.8 Å². The number of carbonyl (C=O) groups is 3. The standard InChI is InChI=1S/C32H37NO11/c1-32(2,3)44-31(36)33-9-7-8-20(33)29(34)43-27-18-13-22-21(41-15-42-22)12-17(18)25(26-19(27)14-40-30(26)35)16-10-23(37-4)28(39-6)24(11-16)38-5/h10-13,19-20,25-27H,7-9,14-15H2,1-6H3/t19?,20-,25+,26-,27-/m0/s1. The molecule has 2 saturated heterocycles. The van der Waals surface area contributed by atoms with Crippen LogP contribution in [0.1, 0.15) is 62.3 Å². The Hall–Kier alpha value is -4.35. The fourth-order valence-corrected chi connectivity index (χ4v) is 6.70. The van der Waals surface area contributed by atoms with Crippen molar-refractivity contribution < 1.29 is 52.3 Å². The molecule has 2 aromatic carbocycles. The lowest BCUT2D eigenvalue weighted by Gasteiger charge is -2.39. The minimum Gasteiger partial charge on any atom is -0.493 e. The molecule has 0 radical (unpaired) electrons. The number of cyclic esters (lactones) is 1. The number of hydrogen-bond donors (Lipinski definition) is 0. The summed E-state index contributed by atoms with van der Waals surface area (Å²) in [5.74, 6) is -0.393. The van der Waals surface area contributed by atoms with Gasteiger partial charge in [0.1, 0.15) is 17.7 Å². The number of methoxy groups -OCH3 is 3. The summed E-state index contributed by atoms with van der Waals surface area (Å²) in [5.41, 5.74) is 1.40. The van der Waals surface area contributed by atoms with Gasteiger partial charge in [-0.25, -0.2) is 9.59 Å². The van der Waals surface area contributed by atoms with Gasteiger partial charge in [-0.1, -0.05) is 0 Å². The van der Waals surface area contributed by atoms with Crippen molar-refractivity contribution in [1.82, 2.24) is 4.90 Å². The molecule has 6 rings (SSSR count). The smallest absolute Gasteiger partial charge is 0.411 e. The van der Waals surface area contributed by atoms with Gasteiger partial charge in [-0.2, -0.15) is 0 Å². The van der Waals surface area contributed by atoms with Crippen molar-refractivity contribution in [3.8, 4) is 28.7 Å². The van der Waals surface area contributed by atoms with Gasteiger partial charge in [-0.3, -0.25) is 9.69 Å². The Morgan fingerprint density at radius 1 is 0.909 bits per heavy atom. The van der Waals surface area contributed by atoms with Gasteiger partial charge in [0, 0.05) is 23.9 Å². The Labute approximate surface area is 255 Å². The molecule has 0 aromatic heterocycles. The molecule has 2 fully saturated rings. The number of likely N-dealkylation sites (tertiary alicyclic amines) is 1. The number of carbonyl (C=O) groups excluding carboxylic acids is 3. The minimum absolute atomic E-state index is 0.0410. The first kappa shape index (κ1) is 29.7. The molecule has 44 heavy (non-hydrogen) atoms. The largest absolute Gasteiger partial charge is 0.493 e. The molecule has 2 aromatic rings. The van der Waals surface area contributed by atoms with Crippen LogP contribution >= 0.6 is 0 Å². The molecule has 1 aliphatic carbocycles. The number of hydrogen-bond acceptors (Lipinski definition) is 11. The van der Waals surface area contributed by atoms with Crippen molar-refractivity contribution >= 4 is 18.0 Å². The van der Waals surface area contributed by atoms with Crippen molar-refractivity contribution in [3.63, 3.8) is 0 Å². The zero-order chi connectivity index (χ0) is 31.3. The van der Waals surface area contributed by atoms with Gasteiger partial charge in [-0.05, 0) is 69.0 Å². The van der Waals surface area contributed by atoms with Gasteiger partial charge in [0.25, 0.3) is 0 Å². The summed E-state index contributed by atoms with van der Waals surface area (Å²) < 4.78 is 45.6. The third kappa shape index (κ3) is 5.09. The van der Waals surface area contributed by atoms with E-state index in [4.69, 9.17) is 37.9 Å². The van der Waals surface area contributed by atoms with Gasteiger partial charge in [-0.15, -0.1) is 0 Å². The number of benzene rings is 2. The molecule has 1 amide bonds. The van der Waals surface area contributed by atoms with Crippen LogP contribution in [0.25, 0.3) is 0 Å². The predicted molar refractivity (Wildman–Crippen MR) is 153 cm³/mol. The van der Waals surface area contributed by atoms with E-state index in [-0.39, 0.29) is 13.4 Å². The van der Waals surface area contributed by atoms with Crippen LogP contribution in [0.4, 0.5) is 4.79 Å². The molecule has 0 bridgehead atoms. The first-order valence-electron chi connectivity index (χ1n) is 14.6. The maximum atomic E-state index is 13.8. The van der Waals surface area contributed by atoms with E-state index in [9.17, 15) is 14.4 Å². The molecule has 236 valence electrons. The summed E-state index contributed by atoms with van der Waals surface area (Å²) in [5, 5.41) is 0. The van der Waals surface area contributed by atoms with Gasteiger partial charge in [0.2, 0.25) is 12.5 Å². The highest BCUT2D eigenvalue weighted by Gasteiger charge is 2.55. The molecule has 3 heterocycles. The summed E-state index contributed by atoms with van der Waals surface area (Å²) in [6, 6.07) is 6.45. The van der Waals surface area contributed by atoms with Gasteiger partial charge in [0.05, 0.1) is 33.9 Å². The number of ether oxygens (including phenoxy) is 8. The molecular weight excluding hydrogens is 574 g/mol. The highest BCUT2D eigenvalue weighted by Crippen LogP contribution is 2.56. The number of rotatable bonds is 6. The summed E-state index contributed by atoms with van der Waals surface area (Å²) in [4.78, 5) is 41.6. The fourth-order valence-electron chi connectivity index (χ4n) is 6.70.